The van der Waals surface area contributed by atoms with Crippen LogP contribution >= 0.6 is 0 Å². The van der Waals surface area contributed by atoms with E-state index in [-0.39, 0.29) is 0 Å². The molecule has 2 rings (SSSR count). The van der Waals surface area contributed by atoms with Gasteiger partial charge in [-0.25, -0.2) is 0 Å². The topological polar surface area (TPSA) is 35.2 Å². The zero-order valence-corrected chi connectivity index (χ0v) is 11.4. The van der Waals surface area contributed by atoms with Crippen molar-refractivity contribution < 1.29 is 4.74 Å². The predicted molar refractivity (Wildman–Crippen MR) is 81.2 cm³/mol. The van der Waals surface area contributed by atoms with Crippen LogP contribution in [-0.2, 0) is 6.42 Å². The summed E-state index contributed by atoms with van der Waals surface area (Å²) in [6.07, 6.45) is 3.04. The zero-order valence-electron chi connectivity index (χ0n) is 11.4. The molecule has 0 saturated carbocycles. The molecular weight excluding hydrogens is 234 g/mol. The molecule has 0 spiro atoms. The van der Waals surface area contributed by atoms with E-state index in [1.54, 1.807) is 7.11 Å². The molecule has 0 fully saturated rings. The molecule has 2 aromatic carbocycles. The van der Waals surface area contributed by atoms with Crippen LogP contribution in [0.5, 0.6) is 5.75 Å². The molecule has 0 aliphatic rings. The highest BCUT2D eigenvalue weighted by Crippen LogP contribution is 2.26. The summed E-state index contributed by atoms with van der Waals surface area (Å²) < 4.78 is 5.23. The van der Waals surface area contributed by atoms with Gasteiger partial charge in [0.25, 0.3) is 0 Å². The Balaban J connectivity index is 2.21. The van der Waals surface area contributed by atoms with Gasteiger partial charge in [-0.2, -0.15) is 0 Å². The second-order valence-electron chi connectivity index (χ2n) is 4.62. The summed E-state index contributed by atoms with van der Waals surface area (Å²) in [5, 5.41) is 0. The van der Waals surface area contributed by atoms with E-state index < -0.39 is 0 Å². The lowest BCUT2D eigenvalue weighted by molar-refractivity contribution is 0.417. The number of para-hydroxylation sites is 1. The van der Waals surface area contributed by atoms with Gasteiger partial charge in [-0.05, 0) is 25.0 Å². The molecule has 0 saturated heterocycles. The smallest absolute Gasteiger partial charge is 0.142 e. The number of allylic oxidation sites excluding steroid dienone is 1. The van der Waals surface area contributed by atoms with Crippen LogP contribution in [0.3, 0.4) is 0 Å². The van der Waals surface area contributed by atoms with Crippen molar-refractivity contribution in [3.8, 4) is 5.75 Å². The van der Waals surface area contributed by atoms with E-state index in [4.69, 9.17) is 10.5 Å². The number of nitrogen functional groups attached to an aromatic ring is 1. The number of hydrogen-bond acceptors (Lipinski definition) is 2. The third kappa shape index (κ3) is 3.38. The van der Waals surface area contributed by atoms with E-state index in [1.807, 2.05) is 24.3 Å². The van der Waals surface area contributed by atoms with Crippen LogP contribution in [0.1, 0.15) is 18.1 Å². The van der Waals surface area contributed by atoms with Gasteiger partial charge in [-0.15, -0.1) is 0 Å². The summed E-state index contributed by atoms with van der Waals surface area (Å²) in [5.74, 6) is 0.723. The number of anilines is 1. The van der Waals surface area contributed by atoms with E-state index in [0.29, 0.717) is 5.69 Å². The Kier molecular flexibility index (Phi) is 4.24. The minimum atomic E-state index is 0.692. The number of ether oxygens (including phenoxy) is 1. The van der Waals surface area contributed by atoms with Crippen molar-refractivity contribution in [1.82, 2.24) is 0 Å². The van der Waals surface area contributed by atoms with Gasteiger partial charge in [-0.1, -0.05) is 54.1 Å². The summed E-state index contributed by atoms with van der Waals surface area (Å²) in [5.41, 5.74) is 10.3. The number of benzene rings is 2. The maximum atomic E-state index is 6.07. The van der Waals surface area contributed by atoms with Gasteiger partial charge >= 0.3 is 0 Å². The van der Waals surface area contributed by atoms with Gasteiger partial charge in [0.1, 0.15) is 5.75 Å². The minimum Gasteiger partial charge on any atom is -0.495 e. The summed E-state index contributed by atoms with van der Waals surface area (Å²) >= 11 is 0. The highest BCUT2D eigenvalue weighted by Gasteiger charge is 2.03. The highest BCUT2D eigenvalue weighted by atomic mass is 16.5. The van der Waals surface area contributed by atoms with E-state index in [2.05, 4.69) is 37.3 Å². The summed E-state index contributed by atoms with van der Waals surface area (Å²) in [6.45, 7) is 2.12. The molecule has 2 heteroatoms. The maximum Gasteiger partial charge on any atom is 0.142 e. The second-order valence-corrected chi connectivity index (χ2v) is 4.62. The molecule has 2 nitrogen and oxygen atoms in total. The van der Waals surface area contributed by atoms with Crippen LogP contribution in [0, 0.1) is 0 Å². The van der Waals surface area contributed by atoms with Gasteiger partial charge in [0.05, 0.1) is 12.8 Å². The van der Waals surface area contributed by atoms with Gasteiger partial charge in [0.15, 0.2) is 0 Å². The van der Waals surface area contributed by atoms with Crippen LogP contribution in [0.15, 0.2) is 54.1 Å². The minimum absolute atomic E-state index is 0.692. The molecule has 0 aliphatic carbocycles. The Morgan fingerprint density at radius 1 is 1.11 bits per heavy atom. The molecule has 2 aromatic rings. The number of hydrogen-bond donors (Lipinski definition) is 1. The van der Waals surface area contributed by atoms with E-state index in [1.165, 1.54) is 11.1 Å². The van der Waals surface area contributed by atoms with Crippen LogP contribution in [0.25, 0.3) is 6.08 Å². The second kappa shape index (κ2) is 6.10. The largest absolute Gasteiger partial charge is 0.495 e. The lowest BCUT2D eigenvalue weighted by Crippen LogP contribution is -1.95. The van der Waals surface area contributed by atoms with Crippen molar-refractivity contribution in [2.75, 3.05) is 12.8 Å². The third-order valence-corrected chi connectivity index (χ3v) is 3.05. The standard InChI is InChI=1S/C17H19NO/c1-13(11-14-7-4-3-5-8-14)12-15-9-6-10-16(19-2)17(15)18/h3-10,12H,11,18H2,1-2H3/b13-12+. The number of methoxy groups -OCH3 is 1. The molecule has 19 heavy (non-hydrogen) atoms. The highest BCUT2D eigenvalue weighted by molar-refractivity contribution is 5.71. The molecule has 0 aromatic heterocycles. The first-order valence-corrected chi connectivity index (χ1v) is 6.34. The van der Waals surface area contributed by atoms with Crippen molar-refractivity contribution in [3.63, 3.8) is 0 Å². The molecule has 0 bridgehead atoms. The normalized spacial score (nSPS) is 11.4. The van der Waals surface area contributed by atoms with E-state index in [0.717, 1.165) is 17.7 Å². The predicted octanol–water partition coefficient (Wildman–Crippen LogP) is 3.92. The summed E-state index contributed by atoms with van der Waals surface area (Å²) in [6, 6.07) is 16.2. The SMILES string of the molecule is COc1cccc(/C=C(\C)Cc2ccccc2)c1N. The molecule has 0 aliphatic heterocycles. The fraction of sp³-hybridized carbons (Fsp3) is 0.176. The lowest BCUT2D eigenvalue weighted by Gasteiger charge is -2.08. The summed E-state index contributed by atoms with van der Waals surface area (Å²) in [7, 11) is 1.63. The monoisotopic (exact) mass is 253 g/mol. The van der Waals surface area contributed by atoms with Gasteiger partial charge in [0, 0.05) is 5.56 Å². The Morgan fingerprint density at radius 3 is 2.53 bits per heavy atom. The van der Waals surface area contributed by atoms with E-state index in [9.17, 15) is 0 Å². The third-order valence-electron chi connectivity index (χ3n) is 3.05. The first-order chi connectivity index (χ1) is 9.20. The van der Waals surface area contributed by atoms with Gasteiger partial charge in [-0.3, -0.25) is 0 Å². The lowest BCUT2D eigenvalue weighted by atomic mass is 10.0. The number of nitrogens with two attached hydrogens (primary N) is 1. The number of rotatable bonds is 4. The molecule has 0 radical (unpaired) electrons. The quantitative estimate of drug-likeness (QED) is 0.838. The molecule has 98 valence electrons. The Morgan fingerprint density at radius 2 is 1.84 bits per heavy atom. The maximum absolute atomic E-state index is 6.07. The van der Waals surface area contributed by atoms with Crippen molar-refractivity contribution in [2.45, 2.75) is 13.3 Å². The molecule has 0 amide bonds. The summed E-state index contributed by atoms with van der Waals surface area (Å²) in [4.78, 5) is 0. The average molecular weight is 253 g/mol. The molecule has 0 heterocycles. The fourth-order valence-electron chi connectivity index (χ4n) is 2.10. The molecular formula is C17H19NO. The van der Waals surface area contributed by atoms with Crippen molar-refractivity contribution in [3.05, 3.63) is 65.2 Å². The Labute approximate surface area is 114 Å². The molecule has 0 atom stereocenters. The van der Waals surface area contributed by atoms with Gasteiger partial charge in [0.2, 0.25) is 0 Å². The van der Waals surface area contributed by atoms with Crippen molar-refractivity contribution in [1.29, 1.82) is 0 Å². The molecule has 0 unspecified atom stereocenters. The van der Waals surface area contributed by atoms with Crippen LogP contribution in [-0.4, -0.2) is 7.11 Å². The first-order valence-electron chi connectivity index (χ1n) is 6.34. The van der Waals surface area contributed by atoms with Crippen LogP contribution in [0.4, 0.5) is 5.69 Å². The van der Waals surface area contributed by atoms with Crippen molar-refractivity contribution in [2.24, 2.45) is 0 Å². The van der Waals surface area contributed by atoms with Crippen LogP contribution in [0.2, 0.25) is 0 Å². The van der Waals surface area contributed by atoms with Gasteiger partial charge < -0.3 is 10.5 Å². The average Bonchev–Trinajstić information content (AvgIpc) is 2.42. The van der Waals surface area contributed by atoms with E-state index >= 15 is 0 Å². The van der Waals surface area contributed by atoms with Crippen molar-refractivity contribution >= 4 is 11.8 Å². The first kappa shape index (κ1) is 13.2. The van der Waals surface area contributed by atoms with Crippen LogP contribution < -0.4 is 10.5 Å². The molecule has 2 N–H and O–H groups in total. The zero-order chi connectivity index (χ0) is 13.7. The Hall–Kier alpha value is -2.22. The fourth-order valence-corrected chi connectivity index (χ4v) is 2.10. The Bertz CT molecular complexity index is 573.